The fraction of sp³-hybridized carbons (Fsp3) is 0.250. The van der Waals surface area contributed by atoms with E-state index in [-0.39, 0.29) is 28.7 Å². The van der Waals surface area contributed by atoms with Gasteiger partial charge in [0.05, 0.1) is 18.7 Å². The molecule has 5 N–H and O–H groups in total. The summed E-state index contributed by atoms with van der Waals surface area (Å²) >= 11 is 0. The van der Waals surface area contributed by atoms with Crippen molar-refractivity contribution in [3.8, 4) is 17.2 Å². The van der Waals surface area contributed by atoms with Crippen LogP contribution in [0, 0.1) is 11.3 Å². The third-order valence-corrected chi connectivity index (χ3v) is 7.14. The highest BCUT2D eigenvalue weighted by molar-refractivity contribution is 5.97. The number of para-hydroxylation sites is 1. The van der Waals surface area contributed by atoms with Gasteiger partial charge >= 0.3 is 0 Å². The minimum atomic E-state index is -0.0116. The summed E-state index contributed by atoms with van der Waals surface area (Å²) in [6.07, 6.45) is 6.58. The Kier molecular flexibility index (Phi) is 6.09. The molecular formula is C28H27N9O2. The Hall–Kier alpha value is -4.95. The molecule has 196 valence electrons. The van der Waals surface area contributed by atoms with Crippen molar-refractivity contribution in [2.24, 2.45) is 7.05 Å². The molecule has 1 aromatic carbocycles. The summed E-state index contributed by atoms with van der Waals surface area (Å²) in [7, 11) is 1.79. The molecule has 0 atom stereocenters. The van der Waals surface area contributed by atoms with Gasteiger partial charge in [0, 0.05) is 60.5 Å². The van der Waals surface area contributed by atoms with Crippen molar-refractivity contribution in [2.75, 3.05) is 48.0 Å². The molecule has 39 heavy (non-hydrogen) atoms. The van der Waals surface area contributed by atoms with Gasteiger partial charge in [0.15, 0.2) is 5.82 Å². The van der Waals surface area contributed by atoms with Crippen molar-refractivity contribution in [3.63, 3.8) is 0 Å². The molecule has 2 aliphatic rings. The van der Waals surface area contributed by atoms with Gasteiger partial charge in [0.1, 0.15) is 23.3 Å². The lowest BCUT2D eigenvalue weighted by Gasteiger charge is -2.30. The Balaban J connectivity index is 1.49. The summed E-state index contributed by atoms with van der Waals surface area (Å²) in [5, 5.41) is 13.8. The number of allylic oxidation sites excluding steroid dienone is 1. The highest BCUT2D eigenvalue weighted by atomic mass is 16.5. The number of morpholine rings is 1. The second-order valence-electron chi connectivity index (χ2n) is 9.56. The van der Waals surface area contributed by atoms with Gasteiger partial charge in [0.25, 0.3) is 5.56 Å². The summed E-state index contributed by atoms with van der Waals surface area (Å²) in [5.41, 5.74) is 17.3. The van der Waals surface area contributed by atoms with E-state index in [1.807, 2.05) is 42.6 Å². The molecule has 0 saturated carbocycles. The summed E-state index contributed by atoms with van der Waals surface area (Å²) < 4.78 is 7.24. The zero-order valence-electron chi connectivity index (χ0n) is 21.4. The van der Waals surface area contributed by atoms with Gasteiger partial charge in [-0.15, -0.1) is 0 Å². The summed E-state index contributed by atoms with van der Waals surface area (Å²) in [6, 6.07) is 10.2. The van der Waals surface area contributed by atoms with Crippen molar-refractivity contribution in [1.82, 2.24) is 19.5 Å². The standard InChI is InChI=1S/C28H27N9O2/c1-36-15-22(18-5-3-7-20(18)27(36)38)19-6-2-4-16-12-17(26(33-23(16)19)37-8-10-39-11-9-37)14-32-25-21(13-29)24(30)34-28(31)35-25/h2-6,12,15H,7-11,14H2,1H3,(H5,30,31,32,34,35). The van der Waals surface area contributed by atoms with Crippen LogP contribution in [0.2, 0.25) is 0 Å². The van der Waals surface area contributed by atoms with Crippen molar-refractivity contribution in [2.45, 2.75) is 13.0 Å². The predicted octanol–water partition coefficient (Wildman–Crippen LogP) is 2.44. The van der Waals surface area contributed by atoms with Crippen LogP contribution in [0.15, 0.2) is 41.3 Å². The fourth-order valence-electron chi connectivity index (χ4n) is 5.25. The van der Waals surface area contributed by atoms with E-state index in [4.69, 9.17) is 21.2 Å². The Morgan fingerprint density at radius 2 is 1.97 bits per heavy atom. The number of benzene rings is 1. The Bertz CT molecular complexity index is 1750. The quantitative estimate of drug-likeness (QED) is 0.356. The molecule has 1 aliphatic carbocycles. The lowest BCUT2D eigenvalue weighted by molar-refractivity contribution is 0.122. The average molecular weight is 522 g/mol. The second kappa shape index (κ2) is 9.74. The molecule has 1 saturated heterocycles. The van der Waals surface area contributed by atoms with Crippen LogP contribution in [0.5, 0.6) is 0 Å². The first-order valence-electron chi connectivity index (χ1n) is 12.7. The minimum Gasteiger partial charge on any atom is -0.382 e. The van der Waals surface area contributed by atoms with E-state index >= 15 is 0 Å². The number of ether oxygens (including phenoxy) is 1. The third kappa shape index (κ3) is 4.30. The Morgan fingerprint density at radius 3 is 2.77 bits per heavy atom. The number of aromatic nitrogens is 4. The first-order chi connectivity index (χ1) is 18.9. The summed E-state index contributed by atoms with van der Waals surface area (Å²) in [4.78, 5) is 28.2. The maximum absolute atomic E-state index is 12.7. The highest BCUT2D eigenvalue weighted by Gasteiger charge is 2.22. The molecule has 0 radical (unpaired) electrons. The lowest BCUT2D eigenvalue weighted by Crippen LogP contribution is -2.37. The van der Waals surface area contributed by atoms with Crippen molar-refractivity contribution >= 4 is 40.4 Å². The SMILES string of the molecule is Cn1cc(-c2cccc3cc(CNc4nc(N)nc(N)c4C#N)c(N4CCOCC4)nc23)c2c(c1=O)CC=C2. The van der Waals surface area contributed by atoms with Crippen LogP contribution in [0.3, 0.4) is 0 Å². The molecule has 1 fully saturated rings. The summed E-state index contributed by atoms with van der Waals surface area (Å²) in [5.74, 6) is 1.11. The molecule has 11 nitrogen and oxygen atoms in total. The fourth-order valence-corrected chi connectivity index (χ4v) is 5.25. The predicted molar refractivity (Wildman–Crippen MR) is 151 cm³/mol. The number of aryl methyl sites for hydroxylation is 1. The van der Waals surface area contributed by atoms with Crippen molar-refractivity contribution in [3.05, 3.63) is 69.1 Å². The van der Waals surface area contributed by atoms with Crippen LogP contribution in [-0.4, -0.2) is 45.8 Å². The van der Waals surface area contributed by atoms with Crippen LogP contribution in [0.4, 0.5) is 23.4 Å². The topological polar surface area (TPSA) is 161 Å². The number of pyridine rings is 2. The molecule has 3 aromatic heterocycles. The largest absolute Gasteiger partial charge is 0.382 e. The molecule has 11 heteroatoms. The Labute approximate surface area is 224 Å². The maximum atomic E-state index is 12.7. The number of hydrogen-bond acceptors (Lipinski definition) is 10. The molecule has 4 heterocycles. The zero-order chi connectivity index (χ0) is 27.1. The van der Waals surface area contributed by atoms with Crippen LogP contribution in [0.25, 0.3) is 28.1 Å². The summed E-state index contributed by atoms with van der Waals surface area (Å²) in [6.45, 7) is 2.93. The van der Waals surface area contributed by atoms with Gasteiger partial charge in [0.2, 0.25) is 5.95 Å². The number of nitrogens with two attached hydrogens (primary N) is 2. The second-order valence-corrected chi connectivity index (χ2v) is 9.56. The van der Waals surface area contributed by atoms with E-state index in [0.717, 1.165) is 44.5 Å². The van der Waals surface area contributed by atoms with Crippen LogP contribution >= 0.6 is 0 Å². The van der Waals surface area contributed by atoms with E-state index in [2.05, 4.69) is 26.3 Å². The van der Waals surface area contributed by atoms with Gasteiger partial charge in [-0.2, -0.15) is 15.2 Å². The lowest BCUT2D eigenvalue weighted by atomic mass is 9.96. The molecule has 1 aliphatic heterocycles. The van der Waals surface area contributed by atoms with E-state index < -0.39 is 0 Å². The monoisotopic (exact) mass is 521 g/mol. The van der Waals surface area contributed by atoms with Crippen LogP contribution < -0.4 is 27.2 Å². The normalized spacial score (nSPS) is 14.4. The molecule has 0 unspecified atom stereocenters. The van der Waals surface area contributed by atoms with Gasteiger partial charge in [-0.25, -0.2) is 4.98 Å². The first kappa shape index (κ1) is 24.4. The number of nitrogen functional groups attached to an aromatic ring is 2. The molecule has 0 amide bonds. The number of nitriles is 1. The smallest absolute Gasteiger partial charge is 0.254 e. The zero-order valence-corrected chi connectivity index (χ0v) is 21.4. The molecule has 6 rings (SSSR count). The molecular weight excluding hydrogens is 494 g/mol. The number of nitrogens with zero attached hydrogens (tertiary/aromatic N) is 6. The average Bonchev–Trinajstić information content (AvgIpc) is 3.44. The van der Waals surface area contributed by atoms with Crippen molar-refractivity contribution in [1.29, 1.82) is 5.26 Å². The van der Waals surface area contributed by atoms with E-state index in [9.17, 15) is 10.1 Å². The van der Waals surface area contributed by atoms with Gasteiger partial charge in [-0.1, -0.05) is 30.4 Å². The van der Waals surface area contributed by atoms with E-state index in [0.29, 0.717) is 39.3 Å². The van der Waals surface area contributed by atoms with Crippen molar-refractivity contribution < 1.29 is 4.74 Å². The minimum absolute atomic E-state index is 0.0116. The Morgan fingerprint density at radius 1 is 1.15 bits per heavy atom. The van der Waals surface area contributed by atoms with Gasteiger partial charge in [-0.3, -0.25) is 4.79 Å². The highest BCUT2D eigenvalue weighted by Crippen LogP contribution is 2.36. The number of fused-ring (bicyclic) bond motifs is 2. The van der Waals surface area contributed by atoms with Crippen LogP contribution in [-0.2, 0) is 24.8 Å². The molecule has 0 spiro atoms. The molecule has 0 bridgehead atoms. The third-order valence-electron chi connectivity index (χ3n) is 7.14. The number of anilines is 4. The molecule has 4 aromatic rings. The van der Waals surface area contributed by atoms with E-state index in [1.165, 1.54) is 0 Å². The first-order valence-corrected chi connectivity index (χ1v) is 12.7. The van der Waals surface area contributed by atoms with Crippen LogP contribution in [0.1, 0.15) is 22.3 Å². The van der Waals surface area contributed by atoms with Gasteiger partial charge in [-0.05, 0) is 18.1 Å². The van der Waals surface area contributed by atoms with Gasteiger partial charge < -0.3 is 31.0 Å². The van der Waals surface area contributed by atoms with E-state index in [1.54, 1.807) is 11.6 Å². The number of nitrogens with one attached hydrogen (secondary N) is 1. The maximum Gasteiger partial charge on any atom is 0.254 e. The number of rotatable bonds is 5. The number of hydrogen-bond donors (Lipinski definition) is 3.